The minimum Gasteiger partial charge on any atom is -0.493 e. The van der Waals surface area contributed by atoms with Crippen molar-refractivity contribution in [3.8, 4) is 0 Å². The molecule has 12 heavy (non-hydrogen) atoms. The smallest absolute Gasteiger partial charge is 0.212 e. The van der Waals surface area contributed by atoms with Crippen LogP contribution in [0.4, 0.5) is 0 Å². The molecule has 0 saturated heterocycles. The van der Waals surface area contributed by atoms with Crippen LogP contribution >= 0.6 is 0 Å². The Morgan fingerprint density at radius 1 is 1.33 bits per heavy atom. The van der Waals surface area contributed by atoms with Gasteiger partial charge in [-0.05, 0) is 26.0 Å². The molecule has 64 valence electrons. The quantitative estimate of drug-likeness (QED) is 0.372. The van der Waals surface area contributed by atoms with E-state index >= 15 is 0 Å². The normalized spacial score (nSPS) is 13.3. The molecular weight excluding hydrogens is 152 g/mol. The summed E-state index contributed by atoms with van der Waals surface area (Å²) in [6.45, 7) is 3.70. The van der Waals surface area contributed by atoms with Gasteiger partial charge in [-0.3, -0.25) is 0 Å². The molecule has 0 aliphatic heterocycles. The van der Waals surface area contributed by atoms with E-state index in [-0.39, 0.29) is 5.88 Å². The lowest BCUT2D eigenvalue weighted by molar-refractivity contribution is 0.364. The van der Waals surface area contributed by atoms with E-state index in [1.807, 2.05) is 38.2 Å². The van der Waals surface area contributed by atoms with Gasteiger partial charge >= 0.3 is 0 Å². The predicted octanol–water partition coefficient (Wildman–Crippen LogP) is 1.87. The molecular formula is C9H12N2O. The Balaban J connectivity index is 2.64. The van der Waals surface area contributed by atoms with E-state index in [4.69, 9.17) is 0 Å². The lowest BCUT2D eigenvalue weighted by atomic mass is 10.3. The third-order valence-corrected chi connectivity index (χ3v) is 1.32. The first-order valence-electron chi connectivity index (χ1n) is 3.75. The fourth-order valence-corrected chi connectivity index (χ4v) is 0.761. The Kier molecular flexibility index (Phi) is 2.69. The number of allylic oxidation sites excluding steroid dienone is 5. The minimum atomic E-state index is 0.0844. The zero-order chi connectivity index (χ0) is 8.97. The van der Waals surface area contributed by atoms with Crippen LogP contribution in [-0.4, -0.2) is 10.8 Å². The molecule has 0 aromatic heterocycles. The highest BCUT2D eigenvalue weighted by Crippen LogP contribution is 2.09. The third kappa shape index (κ3) is 2.27. The minimum absolute atomic E-state index is 0.0844. The summed E-state index contributed by atoms with van der Waals surface area (Å²) in [5.74, 6) is 0.0844. The van der Waals surface area contributed by atoms with Crippen LogP contribution in [0.25, 0.3) is 0 Å². The SMILES string of the molecule is CC(C)=NNC(O)=C1C=CC=C1. The Bertz CT molecular complexity index is 267. The van der Waals surface area contributed by atoms with Crippen molar-refractivity contribution in [2.45, 2.75) is 13.8 Å². The largest absolute Gasteiger partial charge is 0.493 e. The van der Waals surface area contributed by atoms with Gasteiger partial charge in [0.15, 0.2) is 0 Å². The van der Waals surface area contributed by atoms with Gasteiger partial charge in [0, 0.05) is 11.3 Å². The van der Waals surface area contributed by atoms with Crippen molar-refractivity contribution in [3.63, 3.8) is 0 Å². The molecule has 0 unspecified atom stereocenters. The van der Waals surface area contributed by atoms with Gasteiger partial charge in [0.2, 0.25) is 5.88 Å². The Morgan fingerprint density at radius 3 is 2.42 bits per heavy atom. The molecule has 0 bridgehead atoms. The number of hydrogen-bond acceptors (Lipinski definition) is 3. The van der Waals surface area contributed by atoms with E-state index in [1.165, 1.54) is 0 Å². The molecule has 2 N–H and O–H groups in total. The number of hydrogen-bond donors (Lipinski definition) is 2. The Labute approximate surface area is 71.8 Å². The summed E-state index contributed by atoms with van der Waals surface area (Å²) in [6, 6.07) is 0. The van der Waals surface area contributed by atoms with Crippen LogP contribution in [0.15, 0.2) is 40.9 Å². The fourth-order valence-electron chi connectivity index (χ4n) is 0.761. The lowest BCUT2D eigenvalue weighted by Crippen LogP contribution is -2.08. The highest BCUT2D eigenvalue weighted by Gasteiger charge is 1.99. The summed E-state index contributed by atoms with van der Waals surface area (Å²) in [7, 11) is 0. The van der Waals surface area contributed by atoms with Crippen LogP contribution in [0, 0.1) is 0 Å². The number of rotatable bonds is 2. The van der Waals surface area contributed by atoms with Crippen LogP contribution in [0.2, 0.25) is 0 Å². The average Bonchev–Trinajstić information content (AvgIpc) is 2.51. The van der Waals surface area contributed by atoms with Crippen molar-refractivity contribution in [3.05, 3.63) is 35.8 Å². The number of hydrazone groups is 1. The number of nitrogens with zero attached hydrogens (tertiary/aromatic N) is 1. The molecule has 0 heterocycles. The van der Waals surface area contributed by atoms with Crippen molar-refractivity contribution in [2.75, 3.05) is 0 Å². The van der Waals surface area contributed by atoms with Crippen molar-refractivity contribution < 1.29 is 5.11 Å². The van der Waals surface area contributed by atoms with Gasteiger partial charge in [-0.15, -0.1) is 0 Å². The first kappa shape index (κ1) is 8.59. The number of aliphatic hydroxyl groups excluding tert-OH is 1. The van der Waals surface area contributed by atoms with E-state index < -0.39 is 0 Å². The van der Waals surface area contributed by atoms with Gasteiger partial charge in [-0.1, -0.05) is 12.2 Å². The van der Waals surface area contributed by atoms with Gasteiger partial charge in [0.1, 0.15) is 0 Å². The van der Waals surface area contributed by atoms with E-state index in [2.05, 4.69) is 10.5 Å². The van der Waals surface area contributed by atoms with Crippen molar-refractivity contribution >= 4 is 5.71 Å². The molecule has 0 aromatic rings. The molecule has 1 rings (SSSR count). The summed E-state index contributed by atoms with van der Waals surface area (Å²) in [4.78, 5) is 0. The van der Waals surface area contributed by atoms with Gasteiger partial charge in [-0.25, -0.2) is 5.43 Å². The summed E-state index contributed by atoms with van der Waals surface area (Å²) in [6.07, 6.45) is 7.33. The average molecular weight is 164 g/mol. The van der Waals surface area contributed by atoms with E-state index in [9.17, 15) is 5.11 Å². The molecule has 0 saturated carbocycles. The molecule has 0 spiro atoms. The van der Waals surface area contributed by atoms with Crippen LogP contribution in [0.3, 0.4) is 0 Å². The predicted molar refractivity (Wildman–Crippen MR) is 49.9 cm³/mol. The number of nitrogens with one attached hydrogen (secondary N) is 1. The van der Waals surface area contributed by atoms with Crippen molar-refractivity contribution in [2.24, 2.45) is 5.10 Å². The molecule has 1 aliphatic rings. The van der Waals surface area contributed by atoms with E-state index in [1.54, 1.807) is 0 Å². The topological polar surface area (TPSA) is 44.6 Å². The maximum Gasteiger partial charge on any atom is 0.212 e. The summed E-state index contributed by atoms with van der Waals surface area (Å²) < 4.78 is 0. The summed E-state index contributed by atoms with van der Waals surface area (Å²) in [5, 5.41) is 13.2. The first-order valence-corrected chi connectivity index (χ1v) is 3.75. The van der Waals surface area contributed by atoms with Crippen LogP contribution in [0.1, 0.15) is 13.8 Å². The zero-order valence-electron chi connectivity index (χ0n) is 7.20. The molecule has 0 atom stereocenters. The monoisotopic (exact) mass is 164 g/mol. The number of aliphatic hydroxyl groups is 1. The maximum atomic E-state index is 9.36. The van der Waals surface area contributed by atoms with Gasteiger partial charge < -0.3 is 5.11 Å². The van der Waals surface area contributed by atoms with Gasteiger partial charge in [0.05, 0.1) is 0 Å². The van der Waals surface area contributed by atoms with E-state index in [0.717, 1.165) is 11.3 Å². The molecule has 0 radical (unpaired) electrons. The summed E-state index contributed by atoms with van der Waals surface area (Å²) in [5.41, 5.74) is 4.16. The summed E-state index contributed by atoms with van der Waals surface area (Å²) >= 11 is 0. The Morgan fingerprint density at radius 2 is 1.92 bits per heavy atom. The molecule has 0 amide bonds. The molecule has 0 fully saturated rings. The fraction of sp³-hybridized carbons (Fsp3) is 0.222. The Hall–Kier alpha value is -1.51. The standard InChI is InChI=1S/C9H12N2O/c1-7(2)10-11-9(12)8-5-3-4-6-8/h3-6,11-12H,1-2H3. The van der Waals surface area contributed by atoms with Crippen LogP contribution in [-0.2, 0) is 0 Å². The zero-order valence-corrected chi connectivity index (χ0v) is 7.20. The van der Waals surface area contributed by atoms with E-state index in [0.29, 0.717) is 0 Å². The molecule has 3 nitrogen and oxygen atoms in total. The highest BCUT2D eigenvalue weighted by atomic mass is 16.3. The van der Waals surface area contributed by atoms with Crippen molar-refractivity contribution in [1.29, 1.82) is 0 Å². The third-order valence-electron chi connectivity index (χ3n) is 1.32. The lowest BCUT2D eigenvalue weighted by Gasteiger charge is -2.00. The second-order valence-electron chi connectivity index (χ2n) is 2.69. The molecule has 1 aliphatic carbocycles. The molecule has 0 aromatic carbocycles. The highest BCUT2D eigenvalue weighted by molar-refractivity contribution is 5.78. The van der Waals surface area contributed by atoms with Gasteiger partial charge in [-0.2, -0.15) is 5.10 Å². The second kappa shape index (κ2) is 3.76. The first-order chi connectivity index (χ1) is 5.70. The van der Waals surface area contributed by atoms with Crippen LogP contribution in [0.5, 0.6) is 0 Å². The van der Waals surface area contributed by atoms with Gasteiger partial charge in [0.25, 0.3) is 0 Å². The maximum absolute atomic E-state index is 9.36. The van der Waals surface area contributed by atoms with Crippen LogP contribution < -0.4 is 5.43 Å². The molecule has 3 heteroatoms. The second-order valence-corrected chi connectivity index (χ2v) is 2.69. The van der Waals surface area contributed by atoms with Crippen molar-refractivity contribution in [1.82, 2.24) is 5.43 Å².